The van der Waals surface area contributed by atoms with Gasteiger partial charge in [-0.1, -0.05) is 90.4 Å². The Morgan fingerprint density at radius 1 is 0.636 bits per heavy atom. The van der Waals surface area contributed by atoms with Crippen LogP contribution in [0.2, 0.25) is 0 Å². The van der Waals surface area contributed by atoms with Gasteiger partial charge in [0.2, 0.25) is 0 Å². The molecule has 1 nitrogen and oxygen atoms in total. The van der Waals surface area contributed by atoms with E-state index in [1.165, 1.54) is 0 Å². The molecule has 0 aromatic heterocycles. The number of rotatable bonds is 20. The van der Waals surface area contributed by atoms with Crippen LogP contribution in [0.5, 0.6) is 0 Å². The van der Waals surface area contributed by atoms with E-state index in [1.54, 1.807) is 13.0 Å². The summed E-state index contributed by atoms with van der Waals surface area (Å²) in [6.07, 6.45) is 4.32. The Labute approximate surface area is 257 Å². The van der Waals surface area contributed by atoms with E-state index in [-0.39, 0.29) is 44.6 Å². The van der Waals surface area contributed by atoms with Gasteiger partial charge in [0.25, 0.3) is 0 Å². The maximum absolute atomic E-state index is 14.8. The maximum atomic E-state index is 14.8. The first-order chi connectivity index (χ1) is 20.3. The number of hydrogen-bond donors (Lipinski definition) is 0. The van der Waals surface area contributed by atoms with Gasteiger partial charge in [0.15, 0.2) is 0 Å². The molecule has 0 aliphatic rings. The fraction of sp³-hybridized carbons (Fsp3) is 0.135. The third kappa shape index (κ3) is 13.0. The molecule has 0 saturated carbocycles. The number of alkyl halides is 2. The molecule has 7 heteroatoms. The van der Waals surface area contributed by atoms with E-state index >= 15 is 0 Å². The lowest BCUT2D eigenvalue weighted by Crippen LogP contribution is -2.23. The number of ether oxygens (including phenoxy) is 1. The first-order valence-electron chi connectivity index (χ1n) is 13.0. The summed E-state index contributed by atoms with van der Waals surface area (Å²) in [6.45, 7) is 40.3. The van der Waals surface area contributed by atoms with Crippen LogP contribution in [-0.4, -0.2) is 6.11 Å². The molecule has 0 spiro atoms. The van der Waals surface area contributed by atoms with Crippen LogP contribution in [-0.2, 0) is 4.74 Å². The van der Waals surface area contributed by atoms with Crippen LogP contribution in [0.1, 0.15) is 26.2 Å². The smallest absolute Gasteiger partial charge is 0.428 e. The number of hydrogen-bond acceptors (Lipinski definition) is 1. The van der Waals surface area contributed by atoms with Gasteiger partial charge in [0, 0.05) is 11.1 Å². The van der Waals surface area contributed by atoms with Gasteiger partial charge >= 0.3 is 6.11 Å². The summed E-state index contributed by atoms with van der Waals surface area (Å²) in [4.78, 5) is 0. The SMILES string of the molecule is C=CCCC(=C)/C=C(/F)C(=C)C(F)(F)OC(=C)/C=C\C(=C)C(=C)/C=C(/F)C(=C)C(=C)/C=C(/F)C(=C)C(=C)/C=C(/F)C(=C)CC. The molecule has 44 heavy (non-hydrogen) atoms. The summed E-state index contributed by atoms with van der Waals surface area (Å²) in [5, 5.41) is 0. The Morgan fingerprint density at radius 3 is 1.59 bits per heavy atom. The Kier molecular flexibility index (Phi) is 16.1. The monoisotopic (exact) mass is 612 g/mol. The molecule has 0 aromatic carbocycles. The minimum atomic E-state index is -4.14. The van der Waals surface area contributed by atoms with Crippen molar-refractivity contribution >= 4 is 0 Å². The Balaban J connectivity index is 5.43. The molecule has 0 amide bonds. The Hall–Kier alpha value is -4.78. The summed E-state index contributed by atoms with van der Waals surface area (Å²) < 4.78 is 91.0. The second-order valence-electron chi connectivity index (χ2n) is 9.37. The third-order valence-corrected chi connectivity index (χ3v) is 5.80. The van der Waals surface area contributed by atoms with Crippen molar-refractivity contribution in [1.29, 1.82) is 0 Å². The van der Waals surface area contributed by atoms with Crippen LogP contribution in [0.15, 0.2) is 194 Å². The van der Waals surface area contributed by atoms with Gasteiger partial charge in [0.05, 0.1) is 5.57 Å². The zero-order valence-corrected chi connectivity index (χ0v) is 25.1. The van der Waals surface area contributed by atoms with Crippen molar-refractivity contribution in [1.82, 2.24) is 0 Å². The summed E-state index contributed by atoms with van der Waals surface area (Å²) >= 11 is 0. The van der Waals surface area contributed by atoms with E-state index < -0.39 is 40.7 Å². The molecule has 0 unspecified atom stereocenters. The first kappa shape index (κ1) is 39.2. The van der Waals surface area contributed by atoms with Crippen molar-refractivity contribution in [2.24, 2.45) is 0 Å². The van der Waals surface area contributed by atoms with Crippen molar-refractivity contribution in [3.8, 4) is 0 Å². The van der Waals surface area contributed by atoms with Gasteiger partial charge in [-0.25, -0.2) is 17.6 Å². The third-order valence-electron chi connectivity index (χ3n) is 5.80. The highest BCUT2D eigenvalue weighted by molar-refractivity contribution is 5.56. The largest absolute Gasteiger partial charge is 0.429 e. The number of allylic oxidation sites excluding steroid dienone is 18. The molecule has 0 atom stereocenters. The van der Waals surface area contributed by atoms with Gasteiger partial charge in [-0.2, -0.15) is 8.78 Å². The molecule has 0 saturated heterocycles. The van der Waals surface area contributed by atoms with Gasteiger partial charge in [-0.15, -0.1) is 6.58 Å². The molecule has 0 aliphatic carbocycles. The minimum absolute atomic E-state index is 0.0114. The second-order valence-corrected chi connectivity index (χ2v) is 9.37. The Morgan fingerprint density at radius 2 is 1.11 bits per heavy atom. The van der Waals surface area contributed by atoms with Crippen LogP contribution >= 0.6 is 0 Å². The fourth-order valence-electron chi connectivity index (χ4n) is 2.80. The quantitative estimate of drug-likeness (QED) is 0.0575. The molecule has 0 N–H and O–H groups in total. The van der Waals surface area contributed by atoms with Crippen LogP contribution in [0, 0.1) is 0 Å². The van der Waals surface area contributed by atoms with Gasteiger partial charge in [0.1, 0.15) is 29.1 Å². The normalized spacial score (nSPS) is 12.8. The van der Waals surface area contributed by atoms with Crippen molar-refractivity contribution < 1.29 is 31.1 Å². The van der Waals surface area contributed by atoms with E-state index in [0.29, 0.717) is 19.3 Å². The zero-order chi connectivity index (χ0) is 34.4. The molecule has 0 fully saturated rings. The minimum Gasteiger partial charge on any atom is -0.429 e. The zero-order valence-electron chi connectivity index (χ0n) is 25.1. The van der Waals surface area contributed by atoms with Crippen molar-refractivity contribution in [3.63, 3.8) is 0 Å². The van der Waals surface area contributed by atoms with Gasteiger partial charge in [-0.05, 0) is 77.5 Å². The summed E-state index contributed by atoms with van der Waals surface area (Å²) in [5.74, 6) is -4.47. The van der Waals surface area contributed by atoms with Gasteiger partial charge < -0.3 is 4.74 Å². The van der Waals surface area contributed by atoms with E-state index in [0.717, 1.165) is 36.5 Å². The highest BCUT2D eigenvalue weighted by atomic mass is 19.3. The predicted octanol–water partition coefficient (Wildman–Crippen LogP) is 12.5. The molecule has 234 valence electrons. The first-order valence-corrected chi connectivity index (χ1v) is 13.0. The average Bonchev–Trinajstić information content (AvgIpc) is 2.96. The summed E-state index contributed by atoms with van der Waals surface area (Å²) in [5.41, 5.74) is -1.52. The lowest BCUT2D eigenvalue weighted by Gasteiger charge is -2.19. The average molecular weight is 613 g/mol. The molecular formula is C37H38F6O. The van der Waals surface area contributed by atoms with E-state index in [2.05, 4.69) is 77.1 Å². The number of halogens is 6. The standard InChI is InChI=1S/C37H38F6O/c1-13-15-16-23(3)19-36(41)32(12)37(42,43)44-29(9)18-17-25(5)26(6)20-34(39)31(11)28(8)22-35(40)30(10)27(7)21-33(38)24(4)14-2/h13,17-22H,1,3-12,14-16H2,2H3/b18-17-,33-21+,34-20+,35-22+,36-19+. The van der Waals surface area contributed by atoms with E-state index in [9.17, 15) is 26.3 Å². The molecule has 0 aromatic rings. The lowest BCUT2D eigenvalue weighted by atomic mass is 10.0. The second kappa shape index (κ2) is 18.0. The van der Waals surface area contributed by atoms with Gasteiger partial charge in [-0.3, -0.25) is 0 Å². The summed E-state index contributed by atoms with van der Waals surface area (Å²) in [6, 6.07) is 0. The molecule has 0 rings (SSSR count). The fourth-order valence-corrected chi connectivity index (χ4v) is 2.80. The van der Waals surface area contributed by atoms with Crippen LogP contribution in [0.3, 0.4) is 0 Å². The van der Waals surface area contributed by atoms with Crippen LogP contribution in [0.25, 0.3) is 0 Å². The molecular weight excluding hydrogens is 574 g/mol. The molecule has 0 aliphatic heterocycles. The van der Waals surface area contributed by atoms with Crippen molar-refractivity contribution in [2.75, 3.05) is 0 Å². The lowest BCUT2D eigenvalue weighted by molar-refractivity contribution is -0.177. The van der Waals surface area contributed by atoms with Crippen LogP contribution < -0.4 is 0 Å². The molecule has 0 bridgehead atoms. The van der Waals surface area contributed by atoms with Crippen LogP contribution in [0.4, 0.5) is 26.3 Å². The maximum Gasteiger partial charge on any atom is 0.428 e. The topological polar surface area (TPSA) is 9.23 Å². The van der Waals surface area contributed by atoms with Crippen molar-refractivity contribution in [3.05, 3.63) is 194 Å². The van der Waals surface area contributed by atoms with E-state index in [4.69, 9.17) is 0 Å². The predicted molar refractivity (Wildman–Crippen MR) is 173 cm³/mol. The highest BCUT2D eigenvalue weighted by Crippen LogP contribution is 2.33. The molecule has 0 heterocycles. The molecule has 0 radical (unpaired) electrons. The van der Waals surface area contributed by atoms with E-state index in [1.807, 2.05) is 0 Å². The van der Waals surface area contributed by atoms with Crippen molar-refractivity contribution in [2.45, 2.75) is 32.3 Å². The summed E-state index contributed by atoms with van der Waals surface area (Å²) in [7, 11) is 0. The Bertz CT molecular complexity index is 1450. The highest BCUT2D eigenvalue weighted by Gasteiger charge is 2.38.